The zero-order valence-corrected chi connectivity index (χ0v) is 25.5. The van der Waals surface area contributed by atoms with E-state index in [-0.39, 0.29) is 30.8 Å². The molecule has 39 heavy (non-hydrogen) atoms. The summed E-state index contributed by atoms with van der Waals surface area (Å²) in [5.41, 5.74) is 2.52. The smallest absolute Gasteiger partial charge is 0.214 e. The summed E-state index contributed by atoms with van der Waals surface area (Å²) < 4.78 is 66.1. The van der Waals surface area contributed by atoms with Crippen LogP contribution in [0.15, 0.2) is 12.1 Å². The maximum absolute atomic E-state index is 13.4. The van der Waals surface area contributed by atoms with E-state index in [1.807, 2.05) is 0 Å². The molecule has 11 heteroatoms. The molecule has 0 spiro atoms. The molecule has 1 N–H and O–H groups in total. The van der Waals surface area contributed by atoms with Crippen LogP contribution in [0.4, 0.5) is 0 Å². The maximum Gasteiger partial charge on any atom is 0.214 e. The minimum Gasteiger partial charge on any atom is -0.490 e. The zero-order valence-electron chi connectivity index (χ0n) is 23.9. The van der Waals surface area contributed by atoms with E-state index in [9.17, 15) is 16.8 Å². The molecule has 0 saturated carbocycles. The van der Waals surface area contributed by atoms with Crippen molar-refractivity contribution in [2.45, 2.75) is 83.7 Å². The lowest BCUT2D eigenvalue weighted by molar-refractivity contribution is 0.0218. The van der Waals surface area contributed by atoms with Gasteiger partial charge in [0.15, 0.2) is 11.5 Å². The average molecular weight is 586 g/mol. The lowest BCUT2D eigenvalue weighted by Gasteiger charge is -2.51. The van der Waals surface area contributed by atoms with E-state index >= 15 is 0 Å². The van der Waals surface area contributed by atoms with Crippen LogP contribution in [0.2, 0.25) is 0 Å². The Balaban J connectivity index is 1.54. The SMILES string of the molecule is CCCCOc1cc2c(cc1OCCCC)[C@@H]1C[C@H]3[C@H](CCCN3S(=O)(=O)CCCNS(C)(=O)=O)CN1CC2. The van der Waals surface area contributed by atoms with E-state index in [4.69, 9.17) is 9.47 Å². The Labute approximate surface area is 235 Å². The highest BCUT2D eigenvalue weighted by molar-refractivity contribution is 7.89. The summed E-state index contributed by atoms with van der Waals surface area (Å²) in [6, 6.07) is 4.45. The van der Waals surface area contributed by atoms with Crippen LogP contribution in [0.5, 0.6) is 11.5 Å². The van der Waals surface area contributed by atoms with Gasteiger partial charge in [-0.15, -0.1) is 0 Å². The summed E-state index contributed by atoms with van der Waals surface area (Å²) in [6.07, 6.45) is 9.10. The fourth-order valence-electron chi connectivity index (χ4n) is 6.26. The van der Waals surface area contributed by atoms with Crippen LogP contribution >= 0.6 is 0 Å². The van der Waals surface area contributed by atoms with Crippen molar-refractivity contribution in [1.82, 2.24) is 13.9 Å². The maximum atomic E-state index is 13.4. The third kappa shape index (κ3) is 7.87. The number of hydrogen-bond acceptors (Lipinski definition) is 7. The molecule has 0 unspecified atom stereocenters. The molecule has 0 aromatic heterocycles. The van der Waals surface area contributed by atoms with Gasteiger partial charge in [-0.3, -0.25) is 4.90 Å². The molecular weight excluding hydrogens is 538 g/mol. The zero-order chi connectivity index (χ0) is 28.0. The number of nitrogens with one attached hydrogen (secondary N) is 1. The van der Waals surface area contributed by atoms with E-state index in [1.165, 1.54) is 11.1 Å². The molecule has 3 aliphatic rings. The molecule has 0 amide bonds. The minimum atomic E-state index is -3.49. The van der Waals surface area contributed by atoms with Crippen LogP contribution in [-0.2, 0) is 26.5 Å². The van der Waals surface area contributed by atoms with Crippen LogP contribution < -0.4 is 14.2 Å². The number of unbranched alkanes of at least 4 members (excludes halogenated alkanes) is 2. The minimum absolute atomic E-state index is 0.0382. The van der Waals surface area contributed by atoms with Crippen LogP contribution in [0.25, 0.3) is 0 Å². The number of hydrogen-bond donors (Lipinski definition) is 1. The predicted octanol–water partition coefficient (Wildman–Crippen LogP) is 3.70. The first-order chi connectivity index (χ1) is 18.6. The van der Waals surface area contributed by atoms with Crippen molar-refractivity contribution in [1.29, 1.82) is 0 Å². The highest BCUT2D eigenvalue weighted by Crippen LogP contribution is 2.46. The molecule has 3 atom stereocenters. The first kappa shape index (κ1) is 30.6. The van der Waals surface area contributed by atoms with Crippen LogP contribution in [-0.4, -0.2) is 83.5 Å². The molecule has 4 rings (SSSR count). The Morgan fingerprint density at radius 3 is 2.33 bits per heavy atom. The number of benzene rings is 1. The van der Waals surface area contributed by atoms with Crippen molar-refractivity contribution in [3.05, 3.63) is 23.3 Å². The van der Waals surface area contributed by atoms with Crippen molar-refractivity contribution < 1.29 is 26.3 Å². The van der Waals surface area contributed by atoms with Gasteiger partial charge >= 0.3 is 0 Å². The lowest BCUT2D eigenvalue weighted by atomic mass is 9.77. The quantitative estimate of drug-likeness (QED) is 0.332. The average Bonchev–Trinajstić information content (AvgIpc) is 2.89. The molecule has 3 aliphatic heterocycles. The number of ether oxygens (including phenoxy) is 2. The number of rotatable bonds is 14. The third-order valence-corrected chi connectivity index (χ3v) is 11.0. The fraction of sp³-hybridized carbons (Fsp3) is 0.786. The van der Waals surface area contributed by atoms with Crippen molar-refractivity contribution in [2.75, 3.05) is 51.4 Å². The monoisotopic (exact) mass is 585 g/mol. The molecule has 1 aromatic carbocycles. The van der Waals surface area contributed by atoms with Crippen LogP contribution in [0.1, 0.15) is 82.4 Å². The van der Waals surface area contributed by atoms with E-state index in [0.29, 0.717) is 25.7 Å². The Morgan fingerprint density at radius 2 is 1.67 bits per heavy atom. The van der Waals surface area contributed by atoms with Gasteiger partial charge in [0.25, 0.3) is 0 Å². The molecule has 3 heterocycles. The van der Waals surface area contributed by atoms with Crippen molar-refractivity contribution in [2.24, 2.45) is 5.92 Å². The Hall–Kier alpha value is -1.40. The van der Waals surface area contributed by atoms with E-state index < -0.39 is 20.0 Å². The lowest BCUT2D eigenvalue weighted by Crippen LogP contribution is -2.57. The standard InChI is InChI=1S/C28H47N3O6S2/c1-4-6-15-36-27-18-22-11-14-30-21-23-10-8-13-31(39(34,35)17-9-12-29-38(3,32)33)25(23)20-26(30)24(22)19-28(27)37-16-7-5-2/h18-19,23,25-26,29H,4-17,20-21H2,1-3H3/t23-,25+,26+/m1/s1. The Bertz CT molecular complexity index is 1170. The molecule has 1 aromatic rings. The van der Waals surface area contributed by atoms with E-state index in [0.717, 1.165) is 82.2 Å². The first-order valence-electron chi connectivity index (χ1n) is 14.7. The number of fused-ring (bicyclic) bond motifs is 4. The first-order valence-corrected chi connectivity index (χ1v) is 18.2. The largest absolute Gasteiger partial charge is 0.490 e. The third-order valence-electron chi connectivity index (χ3n) is 8.29. The topological polar surface area (TPSA) is 105 Å². The van der Waals surface area contributed by atoms with Gasteiger partial charge in [-0.05, 0) is 74.1 Å². The second-order valence-corrected chi connectivity index (χ2v) is 15.2. The molecule has 0 aliphatic carbocycles. The second kappa shape index (κ2) is 13.5. The second-order valence-electron chi connectivity index (χ2n) is 11.3. The van der Waals surface area contributed by atoms with E-state index in [1.54, 1.807) is 4.31 Å². The molecular formula is C28H47N3O6S2. The van der Waals surface area contributed by atoms with Gasteiger partial charge in [0.05, 0.1) is 25.2 Å². The molecule has 2 saturated heterocycles. The summed E-state index contributed by atoms with van der Waals surface area (Å²) in [5, 5.41) is 0. The number of nitrogens with zero attached hydrogens (tertiary/aromatic N) is 2. The van der Waals surface area contributed by atoms with Gasteiger partial charge in [-0.1, -0.05) is 26.7 Å². The predicted molar refractivity (Wildman–Crippen MR) is 154 cm³/mol. The van der Waals surface area contributed by atoms with Gasteiger partial charge in [0.1, 0.15) is 0 Å². The van der Waals surface area contributed by atoms with Crippen molar-refractivity contribution in [3.63, 3.8) is 0 Å². The van der Waals surface area contributed by atoms with Crippen LogP contribution in [0, 0.1) is 5.92 Å². The van der Waals surface area contributed by atoms with Gasteiger partial charge in [0.2, 0.25) is 20.0 Å². The van der Waals surface area contributed by atoms with Gasteiger partial charge in [-0.25, -0.2) is 21.6 Å². The van der Waals surface area contributed by atoms with Gasteiger partial charge in [0, 0.05) is 38.3 Å². The normalized spacial score (nSPS) is 24.0. The highest BCUT2D eigenvalue weighted by atomic mass is 32.2. The van der Waals surface area contributed by atoms with E-state index in [2.05, 4.69) is 35.6 Å². The van der Waals surface area contributed by atoms with Crippen molar-refractivity contribution in [3.8, 4) is 11.5 Å². The van der Waals surface area contributed by atoms with Crippen LogP contribution in [0.3, 0.4) is 0 Å². The van der Waals surface area contributed by atoms with Gasteiger partial charge in [-0.2, -0.15) is 4.31 Å². The summed E-state index contributed by atoms with van der Waals surface area (Å²) in [7, 11) is -6.83. The summed E-state index contributed by atoms with van der Waals surface area (Å²) in [5.74, 6) is 1.90. The number of sulfonamides is 2. The van der Waals surface area contributed by atoms with Gasteiger partial charge < -0.3 is 9.47 Å². The molecule has 0 radical (unpaired) electrons. The Morgan fingerprint density at radius 1 is 0.974 bits per heavy atom. The molecule has 2 fully saturated rings. The molecule has 9 nitrogen and oxygen atoms in total. The number of piperidine rings is 2. The fourth-order valence-corrected chi connectivity index (χ4v) is 8.60. The molecule has 222 valence electrons. The summed E-state index contributed by atoms with van der Waals surface area (Å²) in [4.78, 5) is 2.54. The highest BCUT2D eigenvalue weighted by Gasteiger charge is 2.46. The van der Waals surface area contributed by atoms with Crippen molar-refractivity contribution >= 4 is 20.0 Å². The Kier molecular flexibility index (Phi) is 10.6. The summed E-state index contributed by atoms with van der Waals surface area (Å²) in [6.45, 7) is 8.17. The molecule has 0 bridgehead atoms. The summed E-state index contributed by atoms with van der Waals surface area (Å²) >= 11 is 0.